The van der Waals surface area contributed by atoms with E-state index in [4.69, 9.17) is 9.84 Å². The summed E-state index contributed by atoms with van der Waals surface area (Å²) in [5.74, 6) is -1.15. The fourth-order valence-corrected chi connectivity index (χ4v) is 1.50. The summed E-state index contributed by atoms with van der Waals surface area (Å²) in [6.07, 6.45) is 2.51. The van der Waals surface area contributed by atoms with Gasteiger partial charge >= 0.3 is 5.97 Å². The van der Waals surface area contributed by atoms with E-state index in [-0.39, 0.29) is 25.0 Å². The molecule has 1 amide bonds. The molecule has 112 valence electrons. The van der Waals surface area contributed by atoms with Gasteiger partial charge < -0.3 is 15.2 Å². The predicted octanol–water partition coefficient (Wildman–Crippen LogP) is 0.903. The number of carbonyl (C=O) groups excluding carboxylic acids is 1. The number of carboxylic acids is 1. The number of hydrogen-bond donors (Lipinski definition) is 2. The fourth-order valence-electron chi connectivity index (χ4n) is 1.50. The first kappa shape index (κ1) is 16.2. The van der Waals surface area contributed by atoms with Crippen LogP contribution in [0, 0.1) is 0 Å². The number of aryl methyl sites for hydroxylation is 1. The molecular formula is C13H21N3O4. The molecule has 20 heavy (non-hydrogen) atoms. The van der Waals surface area contributed by atoms with Gasteiger partial charge in [-0.2, -0.15) is 5.10 Å². The summed E-state index contributed by atoms with van der Waals surface area (Å²) < 4.78 is 6.81. The van der Waals surface area contributed by atoms with E-state index >= 15 is 0 Å². The number of ether oxygens (including phenoxy) is 1. The summed E-state index contributed by atoms with van der Waals surface area (Å²) in [6.45, 7) is 5.30. The molecule has 0 saturated heterocycles. The highest BCUT2D eigenvalue weighted by atomic mass is 16.5. The molecule has 7 heteroatoms. The minimum Gasteiger partial charge on any atom is -0.481 e. The van der Waals surface area contributed by atoms with E-state index in [1.54, 1.807) is 12.3 Å². The Bertz CT molecular complexity index is 443. The Morgan fingerprint density at radius 3 is 2.90 bits per heavy atom. The summed E-state index contributed by atoms with van der Waals surface area (Å²) in [5, 5.41) is 15.3. The van der Waals surface area contributed by atoms with E-state index in [1.165, 1.54) is 4.68 Å². The van der Waals surface area contributed by atoms with Crippen LogP contribution in [-0.4, -0.2) is 46.0 Å². The van der Waals surface area contributed by atoms with E-state index in [1.807, 2.05) is 13.8 Å². The molecule has 0 aliphatic heterocycles. The Labute approximate surface area is 117 Å². The molecule has 0 aliphatic rings. The molecule has 0 aliphatic carbocycles. The van der Waals surface area contributed by atoms with Crippen LogP contribution in [0.4, 0.5) is 0 Å². The molecule has 0 unspecified atom stereocenters. The predicted molar refractivity (Wildman–Crippen MR) is 72.5 cm³/mol. The first-order chi connectivity index (χ1) is 9.49. The summed E-state index contributed by atoms with van der Waals surface area (Å²) >= 11 is 0. The van der Waals surface area contributed by atoms with Crippen LogP contribution in [0.3, 0.4) is 0 Å². The van der Waals surface area contributed by atoms with Crippen molar-refractivity contribution in [3.63, 3.8) is 0 Å². The van der Waals surface area contributed by atoms with Gasteiger partial charge in [0.1, 0.15) is 5.69 Å². The number of amides is 1. The quantitative estimate of drug-likeness (QED) is 0.657. The molecule has 0 radical (unpaired) electrons. The smallest absolute Gasteiger partial charge is 0.305 e. The topological polar surface area (TPSA) is 93.5 Å². The van der Waals surface area contributed by atoms with Crippen LogP contribution in [0.2, 0.25) is 0 Å². The van der Waals surface area contributed by atoms with E-state index in [0.717, 1.165) is 6.42 Å². The Hall–Kier alpha value is -1.89. The lowest BCUT2D eigenvalue weighted by atomic mass is 10.4. The normalized spacial score (nSPS) is 10.8. The summed E-state index contributed by atoms with van der Waals surface area (Å²) in [7, 11) is 0. The maximum Gasteiger partial charge on any atom is 0.305 e. The van der Waals surface area contributed by atoms with Gasteiger partial charge in [0.05, 0.1) is 19.1 Å². The van der Waals surface area contributed by atoms with Gasteiger partial charge in [0, 0.05) is 19.3 Å². The van der Waals surface area contributed by atoms with Crippen LogP contribution in [-0.2, 0) is 16.1 Å². The third-order valence-corrected chi connectivity index (χ3v) is 2.49. The Kier molecular flexibility index (Phi) is 6.72. The number of rotatable bonds is 9. The second-order valence-electron chi connectivity index (χ2n) is 4.64. The maximum absolute atomic E-state index is 11.7. The Morgan fingerprint density at radius 2 is 2.25 bits per heavy atom. The van der Waals surface area contributed by atoms with E-state index < -0.39 is 5.97 Å². The van der Waals surface area contributed by atoms with Crippen molar-refractivity contribution in [2.75, 3.05) is 13.2 Å². The van der Waals surface area contributed by atoms with Crippen LogP contribution in [0.25, 0.3) is 0 Å². The monoisotopic (exact) mass is 283 g/mol. The third kappa shape index (κ3) is 6.33. The van der Waals surface area contributed by atoms with Crippen LogP contribution in [0.15, 0.2) is 12.3 Å². The molecule has 0 fully saturated rings. The van der Waals surface area contributed by atoms with E-state index in [9.17, 15) is 9.59 Å². The van der Waals surface area contributed by atoms with Crippen LogP contribution < -0.4 is 5.32 Å². The van der Waals surface area contributed by atoms with Crippen molar-refractivity contribution >= 4 is 11.9 Å². The van der Waals surface area contributed by atoms with Gasteiger partial charge in [0.2, 0.25) is 0 Å². The van der Waals surface area contributed by atoms with Crippen molar-refractivity contribution in [1.82, 2.24) is 15.1 Å². The number of nitrogens with one attached hydrogen (secondary N) is 1. The molecule has 0 spiro atoms. The third-order valence-electron chi connectivity index (χ3n) is 2.49. The van der Waals surface area contributed by atoms with Crippen molar-refractivity contribution in [2.24, 2.45) is 0 Å². The average molecular weight is 283 g/mol. The standard InChI is InChI=1S/C13H21N3O4/c1-10(2)20-9-3-6-14-13(19)11-4-7-16(15-11)8-5-12(17)18/h4,7,10H,3,5-6,8-9H2,1-2H3,(H,14,19)(H,17,18). The van der Waals surface area contributed by atoms with Crippen molar-refractivity contribution in [3.05, 3.63) is 18.0 Å². The van der Waals surface area contributed by atoms with Gasteiger partial charge in [0.15, 0.2) is 0 Å². The summed E-state index contributed by atoms with van der Waals surface area (Å²) in [5.41, 5.74) is 0.292. The molecule has 2 N–H and O–H groups in total. The number of nitrogens with zero attached hydrogens (tertiary/aromatic N) is 2. The minimum atomic E-state index is -0.892. The first-order valence-corrected chi connectivity index (χ1v) is 6.64. The number of carbonyl (C=O) groups is 2. The molecule has 1 rings (SSSR count). The lowest BCUT2D eigenvalue weighted by Gasteiger charge is -2.07. The second-order valence-corrected chi connectivity index (χ2v) is 4.64. The lowest BCUT2D eigenvalue weighted by molar-refractivity contribution is -0.137. The Morgan fingerprint density at radius 1 is 1.50 bits per heavy atom. The molecule has 1 aromatic heterocycles. The largest absolute Gasteiger partial charge is 0.481 e. The molecule has 0 aromatic carbocycles. The Balaban J connectivity index is 2.27. The van der Waals surface area contributed by atoms with Gasteiger partial charge in [-0.25, -0.2) is 0 Å². The zero-order valence-corrected chi connectivity index (χ0v) is 11.8. The summed E-state index contributed by atoms with van der Waals surface area (Å²) in [4.78, 5) is 22.2. The number of hydrogen-bond acceptors (Lipinski definition) is 4. The van der Waals surface area contributed by atoms with E-state index in [2.05, 4.69) is 10.4 Å². The minimum absolute atomic E-state index is 0.0186. The van der Waals surface area contributed by atoms with Gasteiger partial charge in [-0.3, -0.25) is 14.3 Å². The molecule has 1 aromatic rings. The molecule has 1 heterocycles. The van der Waals surface area contributed by atoms with Crippen molar-refractivity contribution in [2.45, 2.75) is 39.3 Å². The molecule has 0 atom stereocenters. The highest BCUT2D eigenvalue weighted by molar-refractivity contribution is 5.92. The van der Waals surface area contributed by atoms with Gasteiger partial charge in [-0.1, -0.05) is 0 Å². The molecule has 0 saturated carbocycles. The van der Waals surface area contributed by atoms with Gasteiger partial charge in [-0.15, -0.1) is 0 Å². The summed E-state index contributed by atoms with van der Waals surface area (Å²) in [6, 6.07) is 1.57. The number of aromatic nitrogens is 2. The molecule has 0 bridgehead atoms. The van der Waals surface area contributed by atoms with Crippen molar-refractivity contribution in [3.8, 4) is 0 Å². The number of aliphatic carboxylic acids is 1. The lowest BCUT2D eigenvalue weighted by Crippen LogP contribution is -2.26. The van der Waals surface area contributed by atoms with E-state index in [0.29, 0.717) is 18.8 Å². The first-order valence-electron chi connectivity index (χ1n) is 6.64. The van der Waals surface area contributed by atoms with Gasteiger partial charge in [0.25, 0.3) is 5.91 Å². The maximum atomic E-state index is 11.7. The number of carboxylic acid groups (broad SMARTS) is 1. The zero-order chi connectivity index (χ0) is 15.0. The van der Waals surface area contributed by atoms with Crippen LogP contribution in [0.1, 0.15) is 37.2 Å². The average Bonchev–Trinajstić information content (AvgIpc) is 2.84. The van der Waals surface area contributed by atoms with Crippen molar-refractivity contribution < 1.29 is 19.4 Å². The highest BCUT2D eigenvalue weighted by Gasteiger charge is 2.09. The fraction of sp³-hybridized carbons (Fsp3) is 0.615. The van der Waals surface area contributed by atoms with Crippen LogP contribution >= 0.6 is 0 Å². The van der Waals surface area contributed by atoms with Crippen LogP contribution in [0.5, 0.6) is 0 Å². The zero-order valence-electron chi connectivity index (χ0n) is 11.8. The SMILES string of the molecule is CC(C)OCCCNC(=O)c1ccn(CCC(=O)O)n1. The molecule has 7 nitrogen and oxygen atoms in total. The highest BCUT2D eigenvalue weighted by Crippen LogP contribution is 1.98. The second kappa shape index (κ2) is 8.31. The van der Waals surface area contributed by atoms with Crippen molar-refractivity contribution in [1.29, 1.82) is 0 Å². The molecular weight excluding hydrogens is 262 g/mol. The van der Waals surface area contributed by atoms with Gasteiger partial charge in [-0.05, 0) is 26.3 Å².